The number of fused-ring (bicyclic) bond motifs is 1. The molecular weight excluding hydrogens is 1020 g/mol. The molecule has 1 fully saturated rings. The third-order valence-electron chi connectivity index (χ3n) is 12.7. The fraction of sp³-hybridized carbons (Fsp3) is 0.291. The van der Waals surface area contributed by atoms with Crippen molar-refractivity contribution in [1.29, 1.82) is 0 Å². The van der Waals surface area contributed by atoms with Crippen molar-refractivity contribution in [2.24, 2.45) is 0 Å². The van der Waals surface area contributed by atoms with E-state index in [1.54, 1.807) is 55.5 Å². The summed E-state index contributed by atoms with van der Waals surface area (Å²) in [6.07, 6.45) is 4.28. The molecule has 2 aliphatic heterocycles. The highest BCUT2D eigenvalue weighted by Gasteiger charge is 2.45. The van der Waals surface area contributed by atoms with Crippen molar-refractivity contribution in [3.63, 3.8) is 0 Å². The molecule has 23 heteroatoms. The van der Waals surface area contributed by atoms with Gasteiger partial charge in [-0.05, 0) is 105 Å². The number of carbonyl (C=O) groups excluding carboxylic acids is 9. The number of aryl methyl sites for hydroxylation is 1. The molecule has 8 N–H and O–H groups in total. The van der Waals surface area contributed by atoms with Gasteiger partial charge in [0.2, 0.25) is 35.5 Å². The SMILES string of the molecule is C=CC(=O)NC(CCC(=O)NCCCCCCCCNc1cccc2c1C(=O)N(C1CCC(=O)NC1=O)C2=O)C(=O)Nc1cccc(Nc2ncc(NC(=O)c3cc(NC(=O)c4cccc(C(F)(F)F)c4)ccc3C)cn2)c1. The zero-order valence-corrected chi connectivity index (χ0v) is 42.3. The highest BCUT2D eigenvalue weighted by atomic mass is 19.4. The zero-order chi connectivity index (χ0) is 55.9. The monoisotopic (exact) mass is 1070 g/mol. The van der Waals surface area contributed by atoms with Crippen LogP contribution >= 0.6 is 0 Å². The van der Waals surface area contributed by atoms with Crippen molar-refractivity contribution in [3.8, 4) is 0 Å². The van der Waals surface area contributed by atoms with Gasteiger partial charge in [0.25, 0.3) is 23.6 Å². The predicted octanol–water partition coefficient (Wildman–Crippen LogP) is 7.41. The number of nitrogens with one attached hydrogen (secondary N) is 8. The van der Waals surface area contributed by atoms with E-state index < -0.39 is 71.1 Å². The molecule has 0 bridgehead atoms. The van der Waals surface area contributed by atoms with Gasteiger partial charge in [0.05, 0.1) is 34.8 Å². The van der Waals surface area contributed by atoms with Crippen LogP contribution in [0.15, 0.2) is 110 Å². The fourth-order valence-corrected chi connectivity index (χ4v) is 8.61. The molecule has 1 saturated heterocycles. The average molecular weight is 1070 g/mol. The smallest absolute Gasteiger partial charge is 0.384 e. The second-order valence-corrected chi connectivity index (χ2v) is 18.4. The molecule has 20 nitrogen and oxygen atoms in total. The lowest BCUT2D eigenvalue weighted by atomic mass is 10.0. The molecular formula is C55H56F3N11O9. The number of amides is 9. The largest absolute Gasteiger partial charge is 0.416 e. The van der Waals surface area contributed by atoms with Crippen LogP contribution in [0.2, 0.25) is 0 Å². The highest BCUT2D eigenvalue weighted by Crippen LogP contribution is 2.33. The van der Waals surface area contributed by atoms with Crippen LogP contribution in [0.25, 0.3) is 0 Å². The number of hydrogen-bond donors (Lipinski definition) is 8. The molecule has 78 heavy (non-hydrogen) atoms. The van der Waals surface area contributed by atoms with E-state index in [-0.39, 0.29) is 71.2 Å². The van der Waals surface area contributed by atoms with Crippen molar-refractivity contribution in [3.05, 3.63) is 143 Å². The van der Waals surface area contributed by atoms with Gasteiger partial charge in [0, 0.05) is 59.8 Å². The molecule has 0 saturated carbocycles. The van der Waals surface area contributed by atoms with Gasteiger partial charge in [-0.25, -0.2) is 9.97 Å². The Balaban J connectivity index is 0.800. The van der Waals surface area contributed by atoms with E-state index in [9.17, 15) is 56.3 Å². The summed E-state index contributed by atoms with van der Waals surface area (Å²) in [5.74, 6) is -4.92. The van der Waals surface area contributed by atoms with Crippen LogP contribution in [-0.2, 0) is 30.1 Å². The van der Waals surface area contributed by atoms with Crippen molar-refractivity contribution >= 4 is 87.5 Å². The van der Waals surface area contributed by atoms with Crippen LogP contribution in [0.5, 0.6) is 0 Å². The Morgan fingerprint density at radius 2 is 1.45 bits per heavy atom. The molecule has 2 atom stereocenters. The van der Waals surface area contributed by atoms with E-state index in [0.717, 1.165) is 67.7 Å². The Morgan fingerprint density at radius 3 is 2.18 bits per heavy atom. The van der Waals surface area contributed by atoms with Gasteiger partial charge in [-0.1, -0.05) is 56.5 Å². The number of benzene rings is 4. The summed E-state index contributed by atoms with van der Waals surface area (Å²) in [6, 6.07) is 17.8. The van der Waals surface area contributed by atoms with E-state index in [1.807, 2.05) is 0 Å². The maximum Gasteiger partial charge on any atom is 0.416 e. The molecule has 3 heterocycles. The van der Waals surface area contributed by atoms with Gasteiger partial charge >= 0.3 is 6.18 Å². The topological polar surface area (TPSA) is 279 Å². The first-order valence-corrected chi connectivity index (χ1v) is 25.1. The molecule has 0 aliphatic carbocycles. The number of carbonyl (C=O) groups is 9. The van der Waals surface area contributed by atoms with E-state index in [4.69, 9.17) is 0 Å². The molecule has 7 rings (SSSR count). The number of alkyl halides is 3. The summed E-state index contributed by atoms with van der Waals surface area (Å²) in [5.41, 5.74) is 1.70. The Bertz CT molecular complexity index is 3130. The Labute approximate surface area is 445 Å². The molecule has 5 aromatic rings. The maximum atomic E-state index is 13.4. The fourth-order valence-electron chi connectivity index (χ4n) is 8.61. The van der Waals surface area contributed by atoms with E-state index >= 15 is 0 Å². The molecule has 406 valence electrons. The summed E-state index contributed by atoms with van der Waals surface area (Å²) < 4.78 is 39.6. The summed E-state index contributed by atoms with van der Waals surface area (Å²) >= 11 is 0. The molecule has 0 spiro atoms. The minimum absolute atomic E-state index is 0.000823. The number of nitrogens with zero attached hydrogens (tertiary/aromatic N) is 3. The lowest BCUT2D eigenvalue weighted by Crippen LogP contribution is -2.54. The van der Waals surface area contributed by atoms with Crippen molar-refractivity contribution < 1.29 is 56.3 Å². The third-order valence-corrected chi connectivity index (χ3v) is 12.7. The molecule has 2 aliphatic rings. The van der Waals surface area contributed by atoms with Crippen LogP contribution in [0.1, 0.15) is 117 Å². The summed E-state index contributed by atoms with van der Waals surface area (Å²) in [4.78, 5) is 124. The van der Waals surface area contributed by atoms with Gasteiger partial charge in [0.1, 0.15) is 12.1 Å². The Hall–Kier alpha value is -9.28. The van der Waals surface area contributed by atoms with Gasteiger partial charge < -0.3 is 37.2 Å². The first-order valence-electron chi connectivity index (χ1n) is 25.1. The highest BCUT2D eigenvalue weighted by molar-refractivity contribution is 6.25. The van der Waals surface area contributed by atoms with Crippen LogP contribution in [0.3, 0.4) is 0 Å². The first kappa shape index (κ1) is 56.4. The lowest BCUT2D eigenvalue weighted by molar-refractivity contribution is -0.138. The lowest BCUT2D eigenvalue weighted by Gasteiger charge is -2.27. The second-order valence-electron chi connectivity index (χ2n) is 18.4. The van der Waals surface area contributed by atoms with E-state index in [0.29, 0.717) is 35.7 Å². The minimum atomic E-state index is -4.63. The summed E-state index contributed by atoms with van der Waals surface area (Å²) in [7, 11) is 0. The number of aromatic nitrogens is 2. The number of anilines is 6. The standard InChI is InChI=1S/C55H56F3N11O9/c1-3-44(70)67-42(21-23-45(71)60-26-9-7-5-4-6-8-25-59-41-18-12-17-39-47(41)53(78)69(52(39)77)43-22-24-46(72)68-51(43)76)50(75)64-35-15-11-16-36(28-35)66-54-61-30-38(31-62-54)65-49(74)40-29-37(20-19-32(40)2)63-48(73)33-13-10-14-34(27-33)55(56,57)58/h3,10-20,27-31,42-43,59H,1,4-9,21-26H2,2H3,(H,60,71)(H,63,73)(H,64,75)(H,65,74)(H,67,70)(H,61,62,66)(H,68,72,76). The minimum Gasteiger partial charge on any atom is -0.384 e. The summed E-state index contributed by atoms with van der Waals surface area (Å²) in [6.45, 7) is 6.10. The molecule has 1 aromatic heterocycles. The molecule has 9 amide bonds. The summed E-state index contributed by atoms with van der Waals surface area (Å²) in [5, 5.41) is 21.9. The molecule has 4 aromatic carbocycles. The van der Waals surface area contributed by atoms with E-state index in [1.165, 1.54) is 30.6 Å². The van der Waals surface area contributed by atoms with Gasteiger partial charge in [-0.2, -0.15) is 13.2 Å². The number of piperidine rings is 1. The quantitative estimate of drug-likeness (QED) is 0.0170. The third kappa shape index (κ3) is 15.0. The Morgan fingerprint density at radius 1 is 0.769 bits per heavy atom. The maximum absolute atomic E-state index is 13.4. The van der Waals surface area contributed by atoms with Crippen molar-refractivity contribution in [1.82, 2.24) is 30.8 Å². The van der Waals surface area contributed by atoms with Crippen LogP contribution in [-0.4, -0.2) is 93.2 Å². The number of imide groups is 2. The van der Waals surface area contributed by atoms with Gasteiger partial charge in [-0.3, -0.25) is 53.4 Å². The van der Waals surface area contributed by atoms with Crippen LogP contribution < -0.4 is 42.5 Å². The van der Waals surface area contributed by atoms with Crippen LogP contribution in [0, 0.1) is 6.92 Å². The number of hydrogen-bond acceptors (Lipinski definition) is 13. The first-order chi connectivity index (χ1) is 37.4. The van der Waals surface area contributed by atoms with E-state index in [2.05, 4.69) is 59.1 Å². The number of rotatable bonds is 24. The second kappa shape index (κ2) is 26.0. The zero-order valence-electron chi connectivity index (χ0n) is 42.3. The van der Waals surface area contributed by atoms with Crippen molar-refractivity contribution in [2.75, 3.05) is 39.7 Å². The Kier molecular flexibility index (Phi) is 18.8. The number of halogens is 3. The molecule has 2 unspecified atom stereocenters. The van der Waals surface area contributed by atoms with Crippen LogP contribution in [0.4, 0.5) is 47.6 Å². The normalized spacial score (nSPS) is 14.4. The van der Waals surface area contributed by atoms with Gasteiger partial charge in [0.15, 0.2) is 0 Å². The average Bonchev–Trinajstić information content (AvgIpc) is 3.67. The van der Waals surface area contributed by atoms with Crippen molar-refractivity contribution in [2.45, 2.75) is 89.4 Å². The predicted molar refractivity (Wildman–Crippen MR) is 283 cm³/mol. The number of unbranched alkanes of at least 4 members (excludes halogenated alkanes) is 5. The molecule has 0 radical (unpaired) electrons. The van der Waals surface area contributed by atoms with Gasteiger partial charge in [-0.15, -0.1) is 0 Å².